The van der Waals surface area contributed by atoms with E-state index in [9.17, 15) is 14.7 Å². The Labute approximate surface area is 178 Å². The minimum absolute atomic E-state index is 0.105. The van der Waals surface area contributed by atoms with Crippen molar-refractivity contribution in [2.75, 3.05) is 0 Å². The molecule has 0 amide bonds. The fourth-order valence-corrected chi connectivity index (χ4v) is 4.54. The number of Topliss-reactive ketones (excluding diaryl/α,β-unsaturated/α-hetero) is 1. The molecule has 2 unspecified atom stereocenters. The molecule has 148 valence electrons. The maximum atomic E-state index is 13.5. The first-order chi connectivity index (χ1) is 14.5. The number of halogens is 1. The van der Waals surface area contributed by atoms with E-state index in [0.29, 0.717) is 17.2 Å². The molecule has 0 radical (unpaired) electrons. The van der Waals surface area contributed by atoms with Gasteiger partial charge in [-0.3, -0.25) is 9.59 Å². The lowest BCUT2D eigenvalue weighted by Crippen LogP contribution is -2.36. The molecule has 5 heteroatoms. The first-order valence-corrected chi connectivity index (χ1v) is 10.0. The summed E-state index contributed by atoms with van der Waals surface area (Å²) in [6.45, 7) is 0. The van der Waals surface area contributed by atoms with Gasteiger partial charge in [-0.1, -0.05) is 60.1 Å². The quantitative estimate of drug-likeness (QED) is 0.364. The number of carbonyl (C=O) groups is 2. The number of allylic oxidation sites excluding steroid dienone is 2. The third-order valence-corrected chi connectivity index (χ3v) is 6.01. The van der Waals surface area contributed by atoms with Crippen molar-refractivity contribution < 1.29 is 19.4 Å². The Morgan fingerprint density at radius 1 is 0.967 bits per heavy atom. The summed E-state index contributed by atoms with van der Waals surface area (Å²) < 4.78 is 5.68. The van der Waals surface area contributed by atoms with E-state index in [4.69, 9.17) is 16.3 Å². The topological polar surface area (TPSA) is 63.6 Å². The van der Waals surface area contributed by atoms with E-state index in [1.54, 1.807) is 24.3 Å². The van der Waals surface area contributed by atoms with E-state index in [1.165, 1.54) is 12.1 Å². The molecule has 0 saturated heterocycles. The van der Waals surface area contributed by atoms with Crippen LogP contribution in [0.3, 0.4) is 0 Å². The Morgan fingerprint density at radius 3 is 2.43 bits per heavy atom. The molecule has 1 aliphatic carbocycles. The second-order valence-corrected chi connectivity index (χ2v) is 7.92. The van der Waals surface area contributed by atoms with Gasteiger partial charge in [0.1, 0.15) is 17.4 Å². The van der Waals surface area contributed by atoms with Crippen molar-refractivity contribution in [3.8, 4) is 5.75 Å². The highest BCUT2D eigenvalue weighted by Gasteiger charge is 2.47. The number of carbonyl (C=O) groups excluding carboxylic acids is 2. The molecule has 4 nitrogen and oxygen atoms in total. The molecule has 1 heterocycles. The molecule has 0 aromatic heterocycles. The van der Waals surface area contributed by atoms with E-state index < -0.39 is 23.6 Å². The predicted octanol–water partition coefficient (Wildman–Crippen LogP) is 5.15. The molecule has 1 aliphatic heterocycles. The number of rotatable bonds is 3. The van der Waals surface area contributed by atoms with Crippen molar-refractivity contribution in [1.82, 2.24) is 0 Å². The molecule has 1 N–H and O–H groups in total. The largest absolute Gasteiger partial charge is 0.507 e. The summed E-state index contributed by atoms with van der Waals surface area (Å²) in [4.78, 5) is 26.6. The summed E-state index contributed by atoms with van der Waals surface area (Å²) >= 11 is 6.08. The number of ketones is 1. The molecule has 2 aliphatic rings. The van der Waals surface area contributed by atoms with Crippen LogP contribution >= 0.6 is 11.6 Å². The second kappa shape index (κ2) is 7.15. The van der Waals surface area contributed by atoms with Gasteiger partial charge < -0.3 is 9.84 Å². The van der Waals surface area contributed by atoms with Gasteiger partial charge in [-0.2, -0.15) is 0 Å². The maximum Gasteiger partial charge on any atom is 0.322 e. The van der Waals surface area contributed by atoms with Crippen LogP contribution in [0, 0.1) is 5.92 Å². The molecule has 0 spiro atoms. The van der Waals surface area contributed by atoms with E-state index in [0.717, 1.165) is 22.3 Å². The van der Waals surface area contributed by atoms with Gasteiger partial charge in [-0.15, -0.1) is 0 Å². The zero-order valence-electron chi connectivity index (χ0n) is 15.8. The number of fused-ring (bicyclic) bond motifs is 2. The molecule has 0 saturated carbocycles. The van der Waals surface area contributed by atoms with Crippen molar-refractivity contribution in [3.05, 3.63) is 106 Å². The van der Waals surface area contributed by atoms with Crippen molar-refractivity contribution in [3.63, 3.8) is 0 Å². The monoisotopic (exact) mass is 416 g/mol. The van der Waals surface area contributed by atoms with Gasteiger partial charge >= 0.3 is 5.97 Å². The Kier molecular flexibility index (Phi) is 4.44. The van der Waals surface area contributed by atoms with Crippen molar-refractivity contribution in [1.29, 1.82) is 0 Å². The number of ether oxygens (including phenoxy) is 1. The Bertz CT molecular complexity index is 1210. The van der Waals surface area contributed by atoms with Crippen LogP contribution < -0.4 is 0 Å². The van der Waals surface area contributed by atoms with Crippen molar-refractivity contribution in [2.45, 2.75) is 12.3 Å². The van der Waals surface area contributed by atoms with Crippen LogP contribution in [-0.4, -0.2) is 16.9 Å². The van der Waals surface area contributed by atoms with Crippen molar-refractivity contribution in [2.24, 2.45) is 5.92 Å². The normalized spacial score (nSPS) is 19.8. The maximum absolute atomic E-state index is 13.5. The average Bonchev–Trinajstić information content (AvgIpc) is 3.11. The minimum atomic E-state index is -1.11. The number of phenols is 1. The van der Waals surface area contributed by atoms with Gasteiger partial charge in [-0.05, 0) is 41.0 Å². The first-order valence-electron chi connectivity index (χ1n) is 9.65. The predicted molar refractivity (Wildman–Crippen MR) is 113 cm³/mol. The summed E-state index contributed by atoms with van der Waals surface area (Å²) in [5.41, 5.74) is 3.80. The summed E-state index contributed by atoms with van der Waals surface area (Å²) in [5.74, 6) is -2.28. The highest BCUT2D eigenvalue weighted by molar-refractivity contribution is 6.30. The molecule has 0 fully saturated rings. The first kappa shape index (κ1) is 18.6. The van der Waals surface area contributed by atoms with E-state index in [-0.39, 0.29) is 11.3 Å². The number of para-hydroxylation sites is 1. The molecular weight excluding hydrogens is 400 g/mol. The minimum Gasteiger partial charge on any atom is -0.507 e. The van der Waals surface area contributed by atoms with E-state index in [2.05, 4.69) is 0 Å². The van der Waals surface area contributed by atoms with E-state index in [1.807, 2.05) is 36.4 Å². The number of benzene rings is 3. The van der Waals surface area contributed by atoms with Crippen LogP contribution in [0.25, 0.3) is 5.57 Å². The summed E-state index contributed by atoms with van der Waals surface area (Å²) in [6.07, 6.45) is 0.513. The lowest BCUT2D eigenvalue weighted by Gasteiger charge is -2.32. The lowest BCUT2D eigenvalue weighted by molar-refractivity contribution is -0.143. The third kappa shape index (κ3) is 2.92. The van der Waals surface area contributed by atoms with Crippen LogP contribution in [0.15, 0.2) is 78.6 Å². The highest BCUT2D eigenvalue weighted by atomic mass is 35.5. The molecule has 3 aromatic rings. The summed E-state index contributed by atoms with van der Waals surface area (Å²) in [6, 6.07) is 21.3. The van der Waals surface area contributed by atoms with Crippen molar-refractivity contribution >= 4 is 28.9 Å². The molecule has 0 bridgehead atoms. The number of hydrogen-bond acceptors (Lipinski definition) is 4. The summed E-state index contributed by atoms with van der Waals surface area (Å²) in [7, 11) is 0. The zero-order chi connectivity index (χ0) is 20.8. The average molecular weight is 417 g/mol. The Balaban J connectivity index is 1.70. The van der Waals surface area contributed by atoms with Gasteiger partial charge in [0.05, 0.1) is 5.56 Å². The standard InChI is InChI=1S/C25H17ClO4/c26-16-11-9-14(10-12-16)21-22-17-6-2-1-5-15(17)13-20(22)30-25(29)23(21)24(28)18-7-3-4-8-19(18)27/h1-12,21,23,27H,13H2. The SMILES string of the molecule is O=C1OC2=C(c3ccccc3C2)C(c2ccc(Cl)cc2)C1C(=O)c1ccccc1O. The van der Waals surface area contributed by atoms with Crippen LogP contribution in [0.2, 0.25) is 5.02 Å². The van der Waals surface area contributed by atoms with Gasteiger partial charge in [0.2, 0.25) is 0 Å². The molecule has 5 rings (SSSR count). The number of phenolic OH excluding ortho intramolecular Hbond substituents is 1. The number of hydrogen-bond donors (Lipinski definition) is 1. The zero-order valence-corrected chi connectivity index (χ0v) is 16.6. The van der Waals surface area contributed by atoms with Crippen LogP contribution in [0.5, 0.6) is 5.75 Å². The highest BCUT2D eigenvalue weighted by Crippen LogP contribution is 2.50. The van der Waals surface area contributed by atoms with Crippen LogP contribution in [0.4, 0.5) is 0 Å². The lowest BCUT2D eigenvalue weighted by atomic mass is 9.74. The molecular formula is C25H17ClO4. The Hall–Kier alpha value is -3.37. The fourth-order valence-electron chi connectivity index (χ4n) is 4.41. The van der Waals surface area contributed by atoms with Gasteiger partial charge in [0.15, 0.2) is 5.78 Å². The molecule has 30 heavy (non-hydrogen) atoms. The van der Waals surface area contributed by atoms with Crippen LogP contribution in [-0.2, 0) is 16.0 Å². The van der Waals surface area contributed by atoms with E-state index >= 15 is 0 Å². The number of aromatic hydroxyl groups is 1. The second-order valence-electron chi connectivity index (χ2n) is 7.48. The number of esters is 1. The van der Waals surface area contributed by atoms with Gasteiger partial charge in [-0.25, -0.2) is 0 Å². The molecule has 3 aromatic carbocycles. The Morgan fingerprint density at radius 2 is 1.67 bits per heavy atom. The van der Waals surface area contributed by atoms with Gasteiger partial charge in [0.25, 0.3) is 0 Å². The fraction of sp³-hybridized carbons (Fsp3) is 0.120. The summed E-state index contributed by atoms with van der Waals surface area (Å²) in [5, 5.41) is 10.8. The van der Waals surface area contributed by atoms with Gasteiger partial charge in [0, 0.05) is 22.9 Å². The molecule has 2 atom stereocenters. The van der Waals surface area contributed by atoms with Crippen LogP contribution in [0.1, 0.15) is 33.0 Å². The smallest absolute Gasteiger partial charge is 0.322 e. The third-order valence-electron chi connectivity index (χ3n) is 5.76.